The molecule has 0 saturated heterocycles. The lowest BCUT2D eigenvalue weighted by atomic mass is 10.2. The Bertz CT molecular complexity index is 848. The number of rotatable bonds is 5. The number of benzene rings is 2. The minimum atomic E-state index is -0.494. The molecule has 0 saturated carbocycles. The Morgan fingerprint density at radius 1 is 1.17 bits per heavy atom. The number of carbonyl (C=O) groups is 1. The lowest BCUT2D eigenvalue weighted by molar-refractivity contribution is 0.0953. The molecule has 1 amide bonds. The van der Waals surface area contributed by atoms with Gasteiger partial charge in [-0.3, -0.25) is 4.79 Å². The molecular weight excluding hydrogens is 329 g/mol. The van der Waals surface area contributed by atoms with Gasteiger partial charge >= 0.3 is 0 Å². The molecule has 1 N–H and O–H groups in total. The lowest BCUT2D eigenvalue weighted by Gasteiger charge is -2.06. The van der Waals surface area contributed by atoms with Gasteiger partial charge in [-0.25, -0.2) is 9.07 Å². The van der Waals surface area contributed by atoms with Gasteiger partial charge in [-0.05, 0) is 36.4 Å². The normalized spacial score (nSPS) is 10.6. The maximum Gasteiger partial charge on any atom is 0.252 e. The van der Waals surface area contributed by atoms with Crippen molar-refractivity contribution in [3.63, 3.8) is 0 Å². The Balaban J connectivity index is 1.58. The molecule has 0 aliphatic rings. The fourth-order valence-electron chi connectivity index (χ4n) is 2.29. The number of amides is 1. The molecule has 122 valence electrons. The van der Waals surface area contributed by atoms with E-state index in [1.807, 2.05) is 42.6 Å². The molecule has 6 heteroatoms. The summed E-state index contributed by atoms with van der Waals surface area (Å²) in [5, 5.41) is 7.41. The van der Waals surface area contributed by atoms with Crippen LogP contribution in [0.5, 0.6) is 0 Å². The molecule has 1 aromatic heterocycles. The van der Waals surface area contributed by atoms with E-state index in [9.17, 15) is 9.18 Å². The van der Waals surface area contributed by atoms with Crippen molar-refractivity contribution in [1.82, 2.24) is 15.1 Å². The van der Waals surface area contributed by atoms with Crippen molar-refractivity contribution in [2.45, 2.75) is 6.42 Å². The highest BCUT2D eigenvalue weighted by Crippen LogP contribution is 2.16. The smallest absolute Gasteiger partial charge is 0.252 e. The zero-order chi connectivity index (χ0) is 16.9. The highest BCUT2D eigenvalue weighted by Gasteiger charge is 2.11. The summed E-state index contributed by atoms with van der Waals surface area (Å²) in [6, 6.07) is 15.4. The van der Waals surface area contributed by atoms with Gasteiger partial charge in [0.2, 0.25) is 0 Å². The summed E-state index contributed by atoms with van der Waals surface area (Å²) in [7, 11) is 0. The van der Waals surface area contributed by atoms with Crippen molar-refractivity contribution in [2.75, 3.05) is 6.54 Å². The van der Waals surface area contributed by atoms with Crippen LogP contribution in [0.3, 0.4) is 0 Å². The monoisotopic (exact) mass is 343 g/mol. The summed E-state index contributed by atoms with van der Waals surface area (Å²) < 4.78 is 15.0. The van der Waals surface area contributed by atoms with Crippen LogP contribution < -0.4 is 5.32 Å². The van der Waals surface area contributed by atoms with Crippen LogP contribution in [0.1, 0.15) is 16.1 Å². The lowest BCUT2D eigenvalue weighted by Crippen LogP contribution is -2.26. The Morgan fingerprint density at radius 3 is 2.75 bits per heavy atom. The van der Waals surface area contributed by atoms with Gasteiger partial charge in [0.15, 0.2) is 0 Å². The predicted molar refractivity (Wildman–Crippen MR) is 91.0 cm³/mol. The van der Waals surface area contributed by atoms with Gasteiger partial charge in [0.25, 0.3) is 5.91 Å². The van der Waals surface area contributed by atoms with E-state index in [1.165, 1.54) is 12.1 Å². The van der Waals surface area contributed by atoms with Crippen molar-refractivity contribution in [3.8, 4) is 5.69 Å². The van der Waals surface area contributed by atoms with Crippen molar-refractivity contribution >= 4 is 17.5 Å². The van der Waals surface area contributed by atoms with Crippen molar-refractivity contribution in [3.05, 3.63) is 82.9 Å². The molecule has 0 unspecified atom stereocenters. The summed E-state index contributed by atoms with van der Waals surface area (Å²) in [5.41, 5.74) is 1.95. The summed E-state index contributed by atoms with van der Waals surface area (Å²) in [5.74, 6) is -0.895. The quantitative estimate of drug-likeness (QED) is 0.769. The van der Waals surface area contributed by atoms with Gasteiger partial charge in [-0.1, -0.05) is 29.8 Å². The fourth-order valence-corrected chi connectivity index (χ4v) is 2.49. The average Bonchev–Trinajstić information content (AvgIpc) is 3.06. The number of aromatic nitrogens is 2. The molecule has 0 radical (unpaired) electrons. The summed E-state index contributed by atoms with van der Waals surface area (Å²) in [6.07, 6.45) is 2.44. The van der Waals surface area contributed by atoms with E-state index in [4.69, 9.17) is 11.6 Å². The van der Waals surface area contributed by atoms with Gasteiger partial charge < -0.3 is 5.32 Å². The molecule has 3 aromatic rings. The molecule has 0 bridgehead atoms. The molecular formula is C18H15ClFN3O. The topological polar surface area (TPSA) is 46.9 Å². The van der Waals surface area contributed by atoms with Crippen LogP contribution in [0.2, 0.25) is 5.02 Å². The molecule has 0 aliphatic heterocycles. The maximum absolute atomic E-state index is 13.2. The van der Waals surface area contributed by atoms with Gasteiger partial charge in [-0.15, -0.1) is 0 Å². The highest BCUT2D eigenvalue weighted by molar-refractivity contribution is 6.33. The first-order chi connectivity index (χ1) is 11.6. The first kappa shape index (κ1) is 16.2. The van der Waals surface area contributed by atoms with E-state index in [2.05, 4.69) is 10.4 Å². The summed E-state index contributed by atoms with van der Waals surface area (Å²) >= 11 is 5.91. The van der Waals surface area contributed by atoms with E-state index in [1.54, 1.807) is 4.68 Å². The van der Waals surface area contributed by atoms with Crippen LogP contribution >= 0.6 is 11.6 Å². The first-order valence-corrected chi connectivity index (χ1v) is 7.84. The largest absolute Gasteiger partial charge is 0.352 e. The number of halogens is 2. The summed E-state index contributed by atoms with van der Waals surface area (Å²) in [4.78, 5) is 12.0. The standard InChI is InChI=1S/C18H15ClFN3O/c19-17-7-6-13(20)12-16(17)18(24)21-10-8-14-9-11-23(22-14)15-4-2-1-3-5-15/h1-7,9,11-12H,8,10H2,(H,21,24). The van der Waals surface area contributed by atoms with Crippen LogP contribution in [-0.2, 0) is 6.42 Å². The minimum Gasteiger partial charge on any atom is -0.352 e. The van der Waals surface area contributed by atoms with E-state index in [0.29, 0.717) is 13.0 Å². The summed E-state index contributed by atoms with van der Waals surface area (Å²) in [6.45, 7) is 0.386. The third kappa shape index (κ3) is 3.81. The van der Waals surface area contributed by atoms with E-state index >= 15 is 0 Å². The Hall–Kier alpha value is -2.66. The van der Waals surface area contributed by atoms with Crippen LogP contribution in [0.25, 0.3) is 5.69 Å². The molecule has 0 fully saturated rings. The van der Waals surface area contributed by atoms with Crippen LogP contribution in [-0.4, -0.2) is 22.2 Å². The van der Waals surface area contributed by atoms with E-state index in [0.717, 1.165) is 17.4 Å². The van der Waals surface area contributed by atoms with E-state index in [-0.39, 0.29) is 10.6 Å². The number of carbonyl (C=O) groups excluding carboxylic acids is 1. The molecule has 4 nitrogen and oxygen atoms in total. The van der Waals surface area contributed by atoms with Gasteiger partial charge in [0.1, 0.15) is 5.82 Å². The molecule has 0 spiro atoms. The molecule has 24 heavy (non-hydrogen) atoms. The third-order valence-electron chi connectivity index (χ3n) is 3.50. The van der Waals surface area contributed by atoms with Gasteiger partial charge in [-0.2, -0.15) is 5.10 Å². The van der Waals surface area contributed by atoms with Crippen molar-refractivity contribution in [1.29, 1.82) is 0 Å². The molecule has 3 rings (SSSR count). The van der Waals surface area contributed by atoms with Crippen LogP contribution in [0.4, 0.5) is 4.39 Å². The number of nitrogens with zero attached hydrogens (tertiary/aromatic N) is 2. The van der Waals surface area contributed by atoms with Gasteiger partial charge in [0.05, 0.1) is 22.0 Å². The van der Waals surface area contributed by atoms with Crippen molar-refractivity contribution in [2.24, 2.45) is 0 Å². The molecule has 0 atom stereocenters. The van der Waals surface area contributed by atoms with E-state index < -0.39 is 11.7 Å². The second-order valence-electron chi connectivity index (χ2n) is 5.22. The molecule has 2 aromatic carbocycles. The second kappa shape index (κ2) is 7.27. The zero-order valence-corrected chi connectivity index (χ0v) is 13.5. The fraction of sp³-hybridized carbons (Fsp3) is 0.111. The zero-order valence-electron chi connectivity index (χ0n) is 12.7. The van der Waals surface area contributed by atoms with Crippen molar-refractivity contribution < 1.29 is 9.18 Å². The Morgan fingerprint density at radius 2 is 1.96 bits per heavy atom. The molecule has 1 heterocycles. The molecule has 0 aliphatic carbocycles. The Kier molecular flexibility index (Phi) is 4.91. The average molecular weight is 344 g/mol. The highest BCUT2D eigenvalue weighted by atomic mass is 35.5. The second-order valence-corrected chi connectivity index (χ2v) is 5.62. The SMILES string of the molecule is O=C(NCCc1ccn(-c2ccccc2)n1)c1cc(F)ccc1Cl. The number of para-hydroxylation sites is 1. The van der Waals surface area contributed by atoms with Crippen LogP contribution in [0, 0.1) is 5.82 Å². The third-order valence-corrected chi connectivity index (χ3v) is 3.83. The predicted octanol–water partition coefficient (Wildman–Crippen LogP) is 3.64. The number of hydrogen-bond donors (Lipinski definition) is 1. The Labute approximate surface area is 143 Å². The van der Waals surface area contributed by atoms with Gasteiger partial charge in [0, 0.05) is 19.2 Å². The van der Waals surface area contributed by atoms with Crippen LogP contribution in [0.15, 0.2) is 60.8 Å². The first-order valence-electron chi connectivity index (χ1n) is 7.47. The maximum atomic E-state index is 13.2. The number of hydrogen-bond acceptors (Lipinski definition) is 2. The number of nitrogens with one attached hydrogen (secondary N) is 1. The minimum absolute atomic E-state index is 0.131.